The van der Waals surface area contributed by atoms with Crippen molar-refractivity contribution >= 4 is 43.8 Å². The third-order valence-electron chi connectivity index (χ3n) is 4.28. The number of hydrogen-bond donors (Lipinski definition) is 0. The Morgan fingerprint density at radius 3 is 2.58 bits per heavy atom. The van der Waals surface area contributed by atoms with Crippen LogP contribution in [0.15, 0.2) is 47.1 Å². The number of rotatable bonds is 2. The van der Waals surface area contributed by atoms with E-state index < -0.39 is 0 Å². The van der Waals surface area contributed by atoms with Gasteiger partial charge in [0.25, 0.3) is 6.01 Å². The number of hydrogen-bond acceptors (Lipinski definition) is 7. The van der Waals surface area contributed by atoms with Gasteiger partial charge in [-0.2, -0.15) is 4.98 Å². The highest BCUT2D eigenvalue weighted by Crippen LogP contribution is 2.29. The van der Waals surface area contributed by atoms with Crippen LogP contribution in [0.3, 0.4) is 0 Å². The van der Waals surface area contributed by atoms with Gasteiger partial charge in [0.2, 0.25) is 0 Å². The molecular formula is C17H15N5OS. The van der Waals surface area contributed by atoms with Gasteiger partial charge in [-0.1, -0.05) is 23.5 Å². The normalized spacial score (nSPS) is 15.5. The molecule has 4 aromatic rings. The summed E-state index contributed by atoms with van der Waals surface area (Å²) in [5, 5.41) is 1.07. The Labute approximate surface area is 142 Å². The molecule has 4 heterocycles. The molecule has 0 unspecified atom stereocenters. The zero-order valence-corrected chi connectivity index (χ0v) is 13.7. The first-order valence-corrected chi connectivity index (χ1v) is 8.74. The second-order valence-corrected chi connectivity index (χ2v) is 6.79. The van der Waals surface area contributed by atoms with Gasteiger partial charge in [-0.05, 0) is 18.2 Å². The maximum absolute atomic E-state index is 5.87. The summed E-state index contributed by atoms with van der Waals surface area (Å²) in [6.45, 7) is 3.57. The minimum Gasteiger partial charge on any atom is -0.423 e. The maximum atomic E-state index is 5.87. The topological polar surface area (TPSA) is 58.3 Å². The molecule has 1 aromatic carbocycles. The third-order valence-corrected chi connectivity index (χ3v) is 5.38. The fraction of sp³-hybridized carbons (Fsp3) is 0.235. The van der Waals surface area contributed by atoms with Gasteiger partial charge in [-0.3, -0.25) is 4.98 Å². The molecule has 120 valence electrons. The fourth-order valence-corrected chi connectivity index (χ4v) is 3.97. The van der Waals surface area contributed by atoms with E-state index in [1.807, 2.05) is 42.7 Å². The third kappa shape index (κ3) is 2.28. The fourth-order valence-electron chi connectivity index (χ4n) is 2.99. The highest BCUT2D eigenvalue weighted by molar-refractivity contribution is 7.22. The van der Waals surface area contributed by atoms with E-state index in [9.17, 15) is 0 Å². The summed E-state index contributed by atoms with van der Waals surface area (Å²) in [4.78, 5) is 17.9. The van der Waals surface area contributed by atoms with Crippen LogP contribution >= 0.6 is 11.3 Å². The lowest BCUT2D eigenvalue weighted by atomic mass is 10.3. The summed E-state index contributed by atoms with van der Waals surface area (Å²) >= 11 is 1.72. The van der Waals surface area contributed by atoms with Crippen molar-refractivity contribution in [1.82, 2.24) is 15.0 Å². The Balaban J connectivity index is 1.34. The first-order valence-electron chi connectivity index (χ1n) is 7.93. The molecule has 0 spiro atoms. The Morgan fingerprint density at radius 1 is 0.917 bits per heavy atom. The van der Waals surface area contributed by atoms with Crippen LogP contribution in [0.25, 0.3) is 21.3 Å². The molecule has 0 aliphatic carbocycles. The SMILES string of the molecule is c1ccc2oc(N3CCN(c4nc5cnccc5s4)CC3)nc2c1. The lowest BCUT2D eigenvalue weighted by Crippen LogP contribution is -2.46. The summed E-state index contributed by atoms with van der Waals surface area (Å²) < 4.78 is 7.05. The number of aromatic nitrogens is 3. The van der Waals surface area contributed by atoms with Crippen molar-refractivity contribution in [2.45, 2.75) is 0 Å². The van der Waals surface area contributed by atoms with Crippen LogP contribution in [0.4, 0.5) is 11.1 Å². The summed E-state index contributed by atoms with van der Waals surface area (Å²) in [5.41, 5.74) is 2.72. The van der Waals surface area contributed by atoms with E-state index >= 15 is 0 Å². The minimum atomic E-state index is 0.712. The standard InChI is InChI=1S/C17H15N5OS/c1-2-4-14-12(3-1)19-16(23-14)21-7-9-22(10-8-21)17-20-13-11-18-6-5-15(13)24-17/h1-6,11H,7-10H2. The van der Waals surface area contributed by atoms with Crippen LogP contribution < -0.4 is 9.80 Å². The molecule has 24 heavy (non-hydrogen) atoms. The van der Waals surface area contributed by atoms with Gasteiger partial charge in [-0.25, -0.2) is 4.98 Å². The predicted octanol–water partition coefficient (Wildman–Crippen LogP) is 3.16. The van der Waals surface area contributed by atoms with Crippen LogP contribution in [-0.4, -0.2) is 41.1 Å². The van der Waals surface area contributed by atoms with Gasteiger partial charge in [0, 0.05) is 32.4 Å². The number of benzene rings is 1. The Bertz CT molecular complexity index is 854. The van der Waals surface area contributed by atoms with Crippen LogP contribution in [0, 0.1) is 0 Å². The number of thiazole rings is 1. The van der Waals surface area contributed by atoms with E-state index in [0.29, 0.717) is 6.01 Å². The van der Waals surface area contributed by atoms with Crippen LogP contribution in [0.2, 0.25) is 0 Å². The average Bonchev–Trinajstić information content (AvgIpc) is 3.25. The minimum absolute atomic E-state index is 0.712. The van der Waals surface area contributed by atoms with Crippen LogP contribution in [0.1, 0.15) is 0 Å². The molecule has 3 aromatic heterocycles. The molecule has 0 radical (unpaired) electrons. The maximum Gasteiger partial charge on any atom is 0.298 e. The average molecular weight is 337 g/mol. The molecule has 1 saturated heterocycles. The molecule has 0 saturated carbocycles. The van der Waals surface area contributed by atoms with Crippen molar-refractivity contribution in [3.8, 4) is 0 Å². The number of oxazole rings is 1. The molecule has 0 amide bonds. The molecule has 6 nitrogen and oxygen atoms in total. The van der Waals surface area contributed by atoms with Gasteiger partial charge < -0.3 is 14.2 Å². The number of anilines is 2. The molecule has 5 rings (SSSR count). The highest BCUT2D eigenvalue weighted by Gasteiger charge is 2.23. The van der Waals surface area contributed by atoms with Crippen molar-refractivity contribution in [3.05, 3.63) is 42.7 Å². The molecule has 1 aliphatic rings. The van der Waals surface area contributed by atoms with E-state index in [2.05, 4.69) is 19.8 Å². The molecule has 0 atom stereocenters. The lowest BCUT2D eigenvalue weighted by molar-refractivity contribution is 0.542. The molecule has 0 bridgehead atoms. The smallest absolute Gasteiger partial charge is 0.298 e. The number of pyridine rings is 1. The molecule has 7 heteroatoms. The Morgan fingerprint density at radius 2 is 1.75 bits per heavy atom. The quantitative estimate of drug-likeness (QED) is 0.560. The summed E-state index contributed by atoms with van der Waals surface area (Å²) in [6, 6.07) is 10.6. The van der Waals surface area contributed by atoms with Gasteiger partial charge >= 0.3 is 0 Å². The largest absolute Gasteiger partial charge is 0.423 e. The van der Waals surface area contributed by atoms with Crippen LogP contribution in [-0.2, 0) is 0 Å². The van der Waals surface area contributed by atoms with E-state index in [1.54, 1.807) is 11.3 Å². The second-order valence-electron chi connectivity index (χ2n) is 5.78. The Kier molecular flexibility index (Phi) is 3.12. The Hall–Kier alpha value is -2.67. The van der Waals surface area contributed by atoms with E-state index in [4.69, 9.17) is 9.40 Å². The molecule has 0 N–H and O–H groups in total. The van der Waals surface area contributed by atoms with E-state index in [-0.39, 0.29) is 0 Å². The number of fused-ring (bicyclic) bond motifs is 2. The summed E-state index contributed by atoms with van der Waals surface area (Å²) in [6.07, 6.45) is 3.64. The zero-order chi connectivity index (χ0) is 15.9. The van der Waals surface area contributed by atoms with Gasteiger partial charge in [0.05, 0.1) is 10.9 Å². The highest BCUT2D eigenvalue weighted by atomic mass is 32.1. The van der Waals surface area contributed by atoms with Crippen molar-refractivity contribution in [3.63, 3.8) is 0 Å². The monoisotopic (exact) mass is 337 g/mol. The first kappa shape index (κ1) is 13.7. The van der Waals surface area contributed by atoms with Crippen molar-refractivity contribution in [2.24, 2.45) is 0 Å². The first-order chi connectivity index (χ1) is 11.9. The number of nitrogens with zero attached hydrogens (tertiary/aromatic N) is 5. The summed E-state index contributed by atoms with van der Waals surface area (Å²) in [7, 11) is 0. The molecule has 1 fully saturated rings. The second kappa shape index (κ2) is 5.45. The predicted molar refractivity (Wildman–Crippen MR) is 95.9 cm³/mol. The van der Waals surface area contributed by atoms with Crippen molar-refractivity contribution < 1.29 is 4.42 Å². The number of piperazine rings is 1. The van der Waals surface area contributed by atoms with Gasteiger partial charge in [-0.15, -0.1) is 0 Å². The van der Waals surface area contributed by atoms with Crippen molar-refractivity contribution in [2.75, 3.05) is 36.0 Å². The van der Waals surface area contributed by atoms with Crippen molar-refractivity contribution in [1.29, 1.82) is 0 Å². The van der Waals surface area contributed by atoms with Crippen LogP contribution in [0.5, 0.6) is 0 Å². The van der Waals surface area contributed by atoms with E-state index in [1.165, 1.54) is 4.70 Å². The lowest BCUT2D eigenvalue weighted by Gasteiger charge is -2.33. The number of para-hydroxylation sites is 2. The van der Waals surface area contributed by atoms with Gasteiger partial charge in [0.1, 0.15) is 11.0 Å². The van der Waals surface area contributed by atoms with E-state index in [0.717, 1.165) is 47.9 Å². The zero-order valence-electron chi connectivity index (χ0n) is 12.9. The van der Waals surface area contributed by atoms with Gasteiger partial charge in [0.15, 0.2) is 10.7 Å². The molecule has 1 aliphatic heterocycles. The summed E-state index contributed by atoms with van der Waals surface area (Å²) in [5.74, 6) is 0. The molecular weight excluding hydrogens is 322 g/mol.